The van der Waals surface area contributed by atoms with Crippen molar-refractivity contribution in [2.24, 2.45) is 5.92 Å². The molecule has 1 aromatic rings. The van der Waals surface area contributed by atoms with E-state index in [1.165, 1.54) is 0 Å². The monoisotopic (exact) mass is 353 g/mol. The first-order valence-electron chi connectivity index (χ1n) is 8.30. The molecule has 5 nitrogen and oxygen atoms in total. The third-order valence-corrected chi connectivity index (χ3v) is 7.45. The predicted molar refractivity (Wildman–Crippen MR) is 85.6 cm³/mol. The molecule has 1 aliphatic carbocycles. The molecule has 0 aromatic heterocycles. The molecular formula is C17H20FNO4S. The van der Waals surface area contributed by atoms with Gasteiger partial charge in [-0.25, -0.2) is 8.42 Å². The Bertz CT molecular complexity index is 739. The summed E-state index contributed by atoms with van der Waals surface area (Å²) >= 11 is 0. The number of fused-ring (bicyclic) bond motifs is 1. The summed E-state index contributed by atoms with van der Waals surface area (Å²) in [4.78, 5) is 12.7. The average molecular weight is 353 g/mol. The van der Waals surface area contributed by atoms with E-state index in [0.29, 0.717) is 19.3 Å². The number of esters is 1. The van der Waals surface area contributed by atoms with E-state index in [1.54, 1.807) is 0 Å². The van der Waals surface area contributed by atoms with Crippen molar-refractivity contribution in [2.75, 3.05) is 18.1 Å². The predicted octanol–water partition coefficient (Wildman–Crippen LogP) is 1.63. The van der Waals surface area contributed by atoms with E-state index in [2.05, 4.69) is 0 Å². The number of halogens is 1. The Morgan fingerprint density at radius 3 is 2.50 bits per heavy atom. The lowest BCUT2D eigenvalue weighted by Crippen LogP contribution is -2.54. The first-order valence-corrected chi connectivity index (χ1v) is 10.1. The van der Waals surface area contributed by atoms with E-state index in [4.69, 9.17) is 4.74 Å². The summed E-state index contributed by atoms with van der Waals surface area (Å²) < 4.78 is 42.7. The zero-order valence-corrected chi connectivity index (χ0v) is 14.0. The van der Waals surface area contributed by atoms with Crippen LogP contribution in [0.3, 0.4) is 0 Å². The Hall–Kier alpha value is -1.47. The van der Waals surface area contributed by atoms with Gasteiger partial charge in [0.25, 0.3) is 0 Å². The van der Waals surface area contributed by atoms with Gasteiger partial charge in [0.1, 0.15) is 6.10 Å². The number of nitrogens with zero attached hydrogens (tertiary/aromatic N) is 1. The van der Waals surface area contributed by atoms with E-state index in [0.717, 1.165) is 10.7 Å². The Balaban J connectivity index is 1.50. The second-order valence-corrected chi connectivity index (χ2v) is 9.42. The second kappa shape index (κ2) is 5.52. The van der Waals surface area contributed by atoms with E-state index >= 15 is 0 Å². The smallest absolute Gasteiger partial charge is 0.311 e. The van der Waals surface area contributed by atoms with Crippen LogP contribution >= 0.6 is 0 Å². The molecule has 130 valence electrons. The van der Waals surface area contributed by atoms with Crippen LogP contribution in [0.4, 0.5) is 4.48 Å². The highest BCUT2D eigenvalue weighted by Crippen LogP contribution is 2.58. The Kier molecular flexibility index (Phi) is 3.69. The molecule has 3 atom stereocenters. The number of hydrogen-bond acceptors (Lipinski definition) is 5. The molecule has 3 aliphatic heterocycles. The van der Waals surface area contributed by atoms with Crippen molar-refractivity contribution in [1.82, 2.24) is 5.12 Å². The normalized spacial score (nSPS) is 35.4. The lowest BCUT2D eigenvalue weighted by molar-refractivity contribution is -0.163. The standard InChI is InChI=1S/C17H20FNO4S/c18-19-11-17(12-4-2-1-3-5-12)10-14(19)15(17)16(20)23-13-6-8-24(21,22)9-7-13/h1-5,13-15H,6-11H2. The summed E-state index contributed by atoms with van der Waals surface area (Å²) in [6, 6.07) is 9.13. The van der Waals surface area contributed by atoms with Crippen LogP contribution in [0.15, 0.2) is 30.3 Å². The first-order chi connectivity index (χ1) is 11.4. The molecule has 4 fully saturated rings. The molecule has 3 saturated heterocycles. The van der Waals surface area contributed by atoms with Gasteiger partial charge in [0.05, 0.1) is 23.5 Å². The van der Waals surface area contributed by atoms with Crippen molar-refractivity contribution in [3.63, 3.8) is 0 Å². The first kappa shape index (κ1) is 16.0. The van der Waals surface area contributed by atoms with Crippen molar-refractivity contribution < 1.29 is 22.4 Å². The third-order valence-electron chi connectivity index (χ3n) is 5.73. The van der Waals surface area contributed by atoms with Gasteiger partial charge in [-0.2, -0.15) is 0 Å². The summed E-state index contributed by atoms with van der Waals surface area (Å²) in [6.45, 7) is 0.209. The van der Waals surface area contributed by atoms with Gasteiger partial charge in [-0.05, 0) is 24.8 Å². The van der Waals surface area contributed by atoms with Crippen molar-refractivity contribution >= 4 is 15.8 Å². The van der Waals surface area contributed by atoms with Gasteiger partial charge in [-0.1, -0.05) is 30.3 Å². The highest BCUT2D eigenvalue weighted by molar-refractivity contribution is 7.91. The van der Waals surface area contributed by atoms with Crippen molar-refractivity contribution in [1.29, 1.82) is 0 Å². The number of carbonyl (C=O) groups excluding carboxylic acids is 1. The van der Waals surface area contributed by atoms with Gasteiger partial charge >= 0.3 is 5.97 Å². The summed E-state index contributed by atoms with van der Waals surface area (Å²) in [6.07, 6.45) is 0.917. The number of ether oxygens (including phenoxy) is 1. The minimum atomic E-state index is -3.00. The van der Waals surface area contributed by atoms with Gasteiger partial charge < -0.3 is 4.74 Å². The van der Waals surface area contributed by atoms with Crippen LogP contribution in [-0.2, 0) is 24.8 Å². The zero-order valence-electron chi connectivity index (χ0n) is 13.2. The molecule has 4 aliphatic rings. The second-order valence-electron chi connectivity index (χ2n) is 7.12. The molecule has 0 radical (unpaired) electrons. The Morgan fingerprint density at radius 2 is 1.88 bits per heavy atom. The van der Waals surface area contributed by atoms with Gasteiger partial charge in [0.15, 0.2) is 9.84 Å². The van der Waals surface area contributed by atoms with Crippen LogP contribution < -0.4 is 0 Å². The molecule has 0 amide bonds. The highest BCUT2D eigenvalue weighted by atomic mass is 32.2. The summed E-state index contributed by atoms with van der Waals surface area (Å²) in [7, 11) is -3.00. The topological polar surface area (TPSA) is 63.7 Å². The van der Waals surface area contributed by atoms with Crippen LogP contribution in [-0.4, -0.2) is 49.7 Å². The van der Waals surface area contributed by atoms with E-state index in [9.17, 15) is 17.7 Å². The number of rotatable bonds is 3. The fourth-order valence-electron chi connectivity index (χ4n) is 4.40. The van der Waals surface area contributed by atoms with E-state index in [-0.39, 0.29) is 30.1 Å². The van der Waals surface area contributed by atoms with Crippen LogP contribution in [0.2, 0.25) is 0 Å². The Labute approximate surface area is 140 Å². The largest absolute Gasteiger partial charge is 0.462 e. The maximum absolute atomic E-state index is 14.1. The van der Waals surface area contributed by atoms with Crippen LogP contribution in [0.5, 0.6) is 0 Å². The molecule has 24 heavy (non-hydrogen) atoms. The molecule has 3 heterocycles. The highest BCUT2D eigenvalue weighted by Gasteiger charge is 2.68. The van der Waals surface area contributed by atoms with E-state index in [1.807, 2.05) is 30.3 Å². The maximum atomic E-state index is 14.1. The number of hydrogen-bond donors (Lipinski definition) is 0. The average Bonchev–Trinajstić information content (AvgIpc) is 3.02. The van der Waals surface area contributed by atoms with Gasteiger partial charge in [-0.15, -0.1) is 9.60 Å². The SMILES string of the molecule is O=C(OC1CCS(=O)(=O)CC1)C1C2CC1(c1ccccc1)CN2F. The van der Waals surface area contributed by atoms with Crippen LogP contribution in [0.25, 0.3) is 0 Å². The van der Waals surface area contributed by atoms with E-state index < -0.39 is 27.2 Å². The lowest BCUT2D eigenvalue weighted by Gasteiger charge is -2.44. The molecule has 5 rings (SSSR count). The number of carbonyl (C=O) groups is 1. The minimum Gasteiger partial charge on any atom is -0.462 e. The molecule has 2 bridgehead atoms. The van der Waals surface area contributed by atoms with Crippen molar-refractivity contribution in [3.8, 4) is 0 Å². The molecular weight excluding hydrogens is 333 g/mol. The summed E-state index contributed by atoms with van der Waals surface area (Å²) in [5.41, 5.74) is 0.452. The molecule has 1 saturated carbocycles. The van der Waals surface area contributed by atoms with Crippen LogP contribution in [0.1, 0.15) is 24.8 Å². The molecule has 0 N–H and O–H groups in total. The van der Waals surface area contributed by atoms with Gasteiger partial charge in [0.2, 0.25) is 0 Å². The maximum Gasteiger partial charge on any atom is 0.311 e. The van der Waals surface area contributed by atoms with Gasteiger partial charge in [-0.3, -0.25) is 4.79 Å². The lowest BCUT2D eigenvalue weighted by atomic mass is 9.57. The number of sulfone groups is 1. The quantitative estimate of drug-likeness (QED) is 0.611. The fraction of sp³-hybridized carbons (Fsp3) is 0.588. The fourth-order valence-corrected chi connectivity index (χ4v) is 5.85. The molecule has 0 spiro atoms. The van der Waals surface area contributed by atoms with Gasteiger partial charge in [0, 0.05) is 12.0 Å². The Morgan fingerprint density at radius 1 is 1.21 bits per heavy atom. The number of benzene rings is 1. The van der Waals surface area contributed by atoms with Crippen molar-refractivity contribution in [2.45, 2.75) is 36.8 Å². The molecule has 3 unspecified atom stereocenters. The molecule has 7 heteroatoms. The zero-order chi connectivity index (χ0) is 16.9. The summed E-state index contributed by atoms with van der Waals surface area (Å²) in [5.74, 6) is -0.793. The third kappa shape index (κ3) is 2.45. The van der Waals surface area contributed by atoms with Crippen LogP contribution in [0, 0.1) is 5.92 Å². The molecule has 1 aromatic carbocycles. The minimum absolute atomic E-state index is 0.0537. The van der Waals surface area contributed by atoms with Crippen molar-refractivity contribution in [3.05, 3.63) is 35.9 Å². The summed E-state index contributed by atoms with van der Waals surface area (Å²) in [5, 5.41) is 0.754.